The Balaban J connectivity index is 1.67. The van der Waals surface area contributed by atoms with Crippen LogP contribution in [0.3, 0.4) is 0 Å². The van der Waals surface area contributed by atoms with Gasteiger partial charge in [-0.1, -0.05) is 18.2 Å². The number of para-hydroxylation sites is 1. The lowest BCUT2D eigenvalue weighted by molar-refractivity contribution is 0.539. The van der Waals surface area contributed by atoms with Gasteiger partial charge in [0.15, 0.2) is 5.65 Å². The van der Waals surface area contributed by atoms with Crippen LogP contribution >= 0.6 is 0 Å². The van der Waals surface area contributed by atoms with Crippen molar-refractivity contribution in [2.24, 2.45) is 0 Å². The summed E-state index contributed by atoms with van der Waals surface area (Å²) in [4.78, 5) is 9.68. The summed E-state index contributed by atoms with van der Waals surface area (Å²) in [6, 6.07) is 10.2. The zero-order valence-electron chi connectivity index (χ0n) is 17.7. The van der Waals surface area contributed by atoms with Gasteiger partial charge in [-0.25, -0.2) is 17.9 Å². The van der Waals surface area contributed by atoms with Gasteiger partial charge in [-0.15, -0.1) is 0 Å². The lowest BCUT2D eigenvalue weighted by atomic mass is 9.93. The topological polar surface area (TPSA) is 89.2 Å². The highest BCUT2D eigenvalue weighted by molar-refractivity contribution is 7.91. The van der Waals surface area contributed by atoms with Gasteiger partial charge in [0.05, 0.1) is 28.9 Å². The highest BCUT2D eigenvalue weighted by atomic mass is 32.2. The molecule has 160 valence electrons. The lowest BCUT2D eigenvalue weighted by Crippen LogP contribution is -2.25. The third-order valence-electron chi connectivity index (χ3n) is 6.23. The maximum atomic E-state index is 12.0. The molecule has 4 aromatic rings. The van der Waals surface area contributed by atoms with Crippen LogP contribution in [0.4, 0.5) is 0 Å². The Hall–Kier alpha value is -2.84. The van der Waals surface area contributed by atoms with E-state index in [1.54, 1.807) is 0 Å². The molecule has 1 saturated heterocycles. The average Bonchev–Trinajstić information content (AvgIpc) is 3.20. The molecule has 1 aliphatic rings. The van der Waals surface area contributed by atoms with Gasteiger partial charge >= 0.3 is 0 Å². The van der Waals surface area contributed by atoms with E-state index in [1.165, 1.54) is 0 Å². The lowest BCUT2D eigenvalue weighted by Gasteiger charge is -2.25. The molecule has 0 saturated carbocycles. The molecule has 0 radical (unpaired) electrons. The number of nitrogens with one attached hydrogen (secondary N) is 1. The summed E-state index contributed by atoms with van der Waals surface area (Å²) < 4.78 is 25.8. The van der Waals surface area contributed by atoms with Crippen LogP contribution in [0.5, 0.6) is 0 Å². The molecule has 8 heteroatoms. The van der Waals surface area contributed by atoms with E-state index < -0.39 is 9.84 Å². The molecule has 4 heterocycles. The van der Waals surface area contributed by atoms with Gasteiger partial charge < -0.3 is 5.32 Å². The summed E-state index contributed by atoms with van der Waals surface area (Å²) in [5.74, 6) is 0.583. The second-order valence-corrected chi connectivity index (χ2v) is 10.5. The predicted octanol–water partition coefficient (Wildman–Crippen LogP) is 3.26. The largest absolute Gasteiger partial charge is 0.316 e. The normalized spacial score (nSPS) is 16.8. The van der Waals surface area contributed by atoms with E-state index in [-0.39, 0.29) is 17.4 Å². The van der Waals surface area contributed by atoms with Crippen LogP contribution in [0, 0.1) is 6.92 Å². The van der Waals surface area contributed by atoms with Crippen LogP contribution in [-0.2, 0) is 16.4 Å². The monoisotopic (exact) mass is 435 g/mol. The Morgan fingerprint density at radius 3 is 2.71 bits per heavy atom. The highest BCUT2D eigenvalue weighted by Gasteiger charge is 2.29. The molecule has 0 aliphatic carbocycles. The molecular weight excluding hydrogens is 410 g/mol. The van der Waals surface area contributed by atoms with E-state index in [1.807, 2.05) is 42.2 Å². The molecule has 0 atom stereocenters. The summed E-state index contributed by atoms with van der Waals surface area (Å²) in [6.07, 6.45) is 4.94. The summed E-state index contributed by atoms with van der Waals surface area (Å²) in [6.45, 7) is 2.72. The smallest absolute Gasteiger partial charge is 0.163 e. The summed E-state index contributed by atoms with van der Waals surface area (Å²) >= 11 is 0. The fourth-order valence-electron chi connectivity index (χ4n) is 4.51. The number of sulfone groups is 1. The van der Waals surface area contributed by atoms with E-state index in [9.17, 15) is 8.42 Å². The van der Waals surface area contributed by atoms with Gasteiger partial charge in [0, 0.05) is 46.4 Å². The number of aryl methyl sites for hydroxylation is 1. The van der Waals surface area contributed by atoms with E-state index in [4.69, 9.17) is 4.98 Å². The Bertz CT molecular complexity index is 1380. The number of rotatable bonds is 4. The van der Waals surface area contributed by atoms with Crippen LogP contribution in [0.1, 0.15) is 35.7 Å². The van der Waals surface area contributed by atoms with Crippen LogP contribution in [-0.4, -0.2) is 46.6 Å². The standard InChI is InChI=1S/C23H25N5O2S/c1-15-19(13-24-2)22(16-7-9-31(29,30)10-8-16)27-23-20(14-26-28(15)23)18-11-17-5-3-4-6-21(17)25-12-18/h3-6,11-12,14,16,24H,7-10,13H2,1-2H3. The van der Waals surface area contributed by atoms with Crippen LogP contribution in [0.2, 0.25) is 0 Å². The molecule has 1 N–H and O–H groups in total. The first-order chi connectivity index (χ1) is 15.0. The van der Waals surface area contributed by atoms with Crippen molar-refractivity contribution in [3.05, 3.63) is 59.7 Å². The van der Waals surface area contributed by atoms with Crippen molar-refractivity contribution in [3.8, 4) is 11.1 Å². The van der Waals surface area contributed by atoms with Gasteiger partial charge in [0.1, 0.15) is 9.84 Å². The molecular formula is C23H25N5O2S. The Labute approximate surface area is 181 Å². The van der Waals surface area contributed by atoms with Gasteiger partial charge in [-0.2, -0.15) is 5.10 Å². The van der Waals surface area contributed by atoms with Crippen molar-refractivity contribution in [1.29, 1.82) is 0 Å². The molecule has 0 unspecified atom stereocenters. The summed E-state index contributed by atoms with van der Waals surface area (Å²) in [5, 5.41) is 8.93. The number of pyridine rings is 1. The molecule has 31 heavy (non-hydrogen) atoms. The van der Waals surface area contributed by atoms with E-state index in [2.05, 4.69) is 34.5 Å². The van der Waals surface area contributed by atoms with Crippen molar-refractivity contribution in [1.82, 2.24) is 24.9 Å². The number of aromatic nitrogens is 4. The number of nitrogens with zero attached hydrogens (tertiary/aromatic N) is 4. The third kappa shape index (κ3) is 3.59. The first-order valence-electron chi connectivity index (χ1n) is 10.5. The van der Waals surface area contributed by atoms with E-state index in [0.717, 1.165) is 44.6 Å². The van der Waals surface area contributed by atoms with Gasteiger partial charge in [-0.3, -0.25) is 4.98 Å². The van der Waals surface area contributed by atoms with Crippen molar-refractivity contribution < 1.29 is 8.42 Å². The minimum atomic E-state index is -2.93. The molecule has 0 bridgehead atoms. The molecule has 7 nitrogen and oxygen atoms in total. The van der Waals surface area contributed by atoms with Crippen LogP contribution in [0.25, 0.3) is 27.7 Å². The van der Waals surface area contributed by atoms with E-state index in [0.29, 0.717) is 19.4 Å². The first kappa shape index (κ1) is 20.1. The molecule has 5 rings (SSSR count). The molecule has 1 aromatic carbocycles. The van der Waals surface area contributed by atoms with Crippen LogP contribution < -0.4 is 5.32 Å². The fourth-order valence-corrected chi connectivity index (χ4v) is 6.00. The number of benzene rings is 1. The van der Waals surface area contributed by atoms with Gasteiger partial charge in [0.25, 0.3) is 0 Å². The summed E-state index contributed by atoms with van der Waals surface area (Å²) in [5.41, 5.74) is 6.77. The SMILES string of the molecule is CNCc1c(C2CCS(=O)(=O)CC2)nc2c(-c3cnc4ccccc4c3)cnn2c1C. The van der Waals surface area contributed by atoms with Crippen molar-refractivity contribution in [2.75, 3.05) is 18.6 Å². The molecule has 0 amide bonds. The van der Waals surface area contributed by atoms with Gasteiger partial charge in [-0.05, 0) is 38.9 Å². The average molecular weight is 436 g/mol. The van der Waals surface area contributed by atoms with Gasteiger partial charge in [0.2, 0.25) is 0 Å². The molecule has 1 aliphatic heterocycles. The van der Waals surface area contributed by atoms with Crippen molar-refractivity contribution in [2.45, 2.75) is 32.2 Å². The highest BCUT2D eigenvalue weighted by Crippen LogP contribution is 2.34. The number of hydrogen-bond acceptors (Lipinski definition) is 6. The van der Waals surface area contributed by atoms with Crippen molar-refractivity contribution in [3.63, 3.8) is 0 Å². The molecule has 3 aromatic heterocycles. The van der Waals surface area contributed by atoms with Crippen molar-refractivity contribution >= 4 is 26.4 Å². The fraction of sp³-hybridized carbons (Fsp3) is 0.348. The van der Waals surface area contributed by atoms with E-state index >= 15 is 0 Å². The molecule has 0 spiro atoms. The maximum Gasteiger partial charge on any atom is 0.163 e. The summed E-state index contributed by atoms with van der Waals surface area (Å²) in [7, 11) is -1.02. The third-order valence-corrected chi connectivity index (χ3v) is 7.95. The number of hydrogen-bond donors (Lipinski definition) is 1. The predicted molar refractivity (Wildman–Crippen MR) is 122 cm³/mol. The minimum Gasteiger partial charge on any atom is -0.316 e. The van der Waals surface area contributed by atoms with Crippen LogP contribution in [0.15, 0.2) is 42.7 Å². The quantitative estimate of drug-likeness (QED) is 0.529. The first-order valence-corrected chi connectivity index (χ1v) is 12.4. The zero-order chi connectivity index (χ0) is 21.6. The second kappa shape index (κ2) is 7.69. The Morgan fingerprint density at radius 1 is 1.16 bits per heavy atom. The number of fused-ring (bicyclic) bond motifs is 2. The minimum absolute atomic E-state index is 0.132. The zero-order valence-corrected chi connectivity index (χ0v) is 18.5. The maximum absolute atomic E-state index is 12.0. The molecule has 1 fully saturated rings. The Kier molecular flexibility index (Phi) is 4.98. The second-order valence-electron chi connectivity index (χ2n) is 8.23. The Morgan fingerprint density at radius 2 is 1.94 bits per heavy atom.